The molecule has 2 aliphatic rings. The molecule has 1 aliphatic heterocycles. The van der Waals surface area contributed by atoms with Crippen LogP contribution in [-0.4, -0.2) is 38.5 Å². The molecule has 1 amide bonds. The summed E-state index contributed by atoms with van der Waals surface area (Å²) >= 11 is 0. The monoisotopic (exact) mass is 347 g/mol. The summed E-state index contributed by atoms with van der Waals surface area (Å²) in [7, 11) is 0. The van der Waals surface area contributed by atoms with Crippen LogP contribution in [0.15, 0.2) is 42.7 Å². The highest BCUT2D eigenvalue weighted by Crippen LogP contribution is 2.43. The molecule has 2 atom stereocenters. The van der Waals surface area contributed by atoms with E-state index < -0.39 is 0 Å². The second kappa shape index (κ2) is 5.87. The zero-order chi connectivity index (χ0) is 17.7. The molecule has 5 heteroatoms. The molecule has 3 aromatic rings. The number of H-pyrrole nitrogens is 1. The number of piperidine rings is 1. The lowest BCUT2D eigenvalue weighted by atomic mass is 9.74. The molecule has 0 saturated carbocycles. The normalized spacial score (nSPS) is 22.1. The predicted octanol–water partition coefficient (Wildman–Crippen LogP) is 3.60. The summed E-state index contributed by atoms with van der Waals surface area (Å²) in [5.41, 5.74) is 4.78. The van der Waals surface area contributed by atoms with Crippen LogP contribution in [0.1, 0.15) is 46.7 Å². The van der Waals surface area contributed by atoms with E-state index in [1.165, 1.54) is 5.56 Å². The standard InChI is InChI=1S/C21H21N3O2/c25-20-5-1-3-14-15-4-2-10-24(19(15)9-7-16(14)20)21(26)13-6-8-17-18(11-13)23-12-22-17/h1,3,5-6,8,11-12,15,19,25H,2,4,7,9-10H2,(H,22,23)/t15-,19+/m1/s1. The molecule has 1 aliphatic carbocycles. The lowest BCUT2D eigenvalue weighted by Gasteiger charge is -2.45. The second-order valence-electron chi connectivity index (χ2n) is 7.33. The molecule has 132 valence electrons. The number of carbonyl (C=O) groups excluding carboxylic acids is 1. The van der Waals surface area contributed by atoms with Crippen molar-refractivity contribution in [3.63, 3.8) is 0 Å². The van der Waals surface area contributed by atoms with Gasteiger partial charge in [-0.2, -0.15) is 0 Å². The molecule has 2 heterocycles. The Labute approximate surface area is 151 Å². The van der Waals surface area contributed by atoms with E-state index in [4.69, 9.17) is 0 Å². The summed E-state index contributed by atoms with van der Waals surface area (Å²) in [6.07, 6.45) is 5.46. The molecule has 2 aromatic carbocycles. The molecule has 0 unspecified atom stereocenters. The van der Waals surface area contributed by atoms with E-state index in [-0.39, 0.29) is 11.9 Å². The summed E-state index contributed by atoms with van der Waals surface area (Å²) in [5.74, 6) is 0.813. The first-order chi connectivity index (χ1) is 12.7. The number of fused-ring (bicyclic) bond motifs is 4. The van der Waals surface area contributed by atoms with Crippen LogP contribution >= 0.6 is 0 Å². The lowest BCUT2D eigenvalue weighted by molar-refractivity contribution is 0.0546. The Morgan fingerprint density at radius 1 is 1.23 bits per heavy atom. The third-order valence-electron chi connectivity index (χ3n) is 5.98. The quantitative estimate of drug-likeness (QED) is 0.707. The van der Waals surface area contributed by atoms with Crippen LogP contribution in [0.5, 0.6) is 5.75 Å². The van der Waals surface area contributed by atoms with Crippen LogP contribution in [0.4, 0.5) is 0 Å². The minimum Gasteiger partial charge on any atom is -0.508 e. The number of nitrogens with one attached hydrogen (secondary N) is 1. The van der Waals surface area contributed by atoms with Gasteiger partial charge in [0.15, 0.2) is 0 Å². The second-order valence-corrected chi connectivity index (χ2v) is 7.33. The van der Waals surface area contributed by atoms with Gasteiger partial charge >= 0.3 is 0 Å². The number of rotatable bonds is 1. The topological polar surface area (TPSA) is 69.2 Å². The van der Waals surface area contributed by atoms with Gasteiger partial charge in [0, 0.05) is 24.1 Å². The van der Waals surface area contributed by atoms with E-state index in [2.05, 4.69) is 20.9 Å². The SMILES string of the molecule is O=C(c1ccc2nc[nH]c2c1)N1CCC[C@@H]2c3cccc(O)c3CC[C@@H]21. The van der Waals surface area contributed by atoms with E-state index in [0.717, 1.165) is 48.8 Å². The number of imidazole rings is 1. The van der Waals surface area contributed by atoms with E-state index in [0.29, 0.717) is 17.2 Å². The van der Waals surface area contributed by atoms with Gasteiger partial charge in [0.1, 0.15) is 5.75 Å². The number of aromatic amines is 1. The maximum absolute atomic E-state index is 13.2. The van der Waals surface area contributed by atoms with Crippen molar-refractivity contribution in [2.75, 3.05) is 6.54 Å². The minimum absolute atomic E-state index is 0.0970. The Morgan fingerprint density at radius 3 is 3.08 bits per heavy atom. The molecule has 0 radical (unpaired) electrons. The fraction of sp³-hybridized carbons (Fsp3) is 0.333. The third-order valence-corrected chi connectivity index (χ3v) is 5.98. The Hall–Kier alpha value is -2.82. The number of phenolic OH excluding ortho intramolecular Hbond substituents is 1. The summed E-state index contributed by atoms with van der Waals surface area (Å²) in [5, 5.41) is 10.2. The van der Waals surface area contributed by atoms with Gasteiger partial charge in [-0.3, -0.25) is 4.79 Å². The van der Waals surface area contributed by atoms with Crippen LogP contribution in [-0.2, 0) is 6.42 Å². The van der Waals surface area contributed by atoms with Gasteiger partial charge in [0.2, 0.25) is 0 Å². The molecular formula is C21H21N3O2. The van der Waals surface area contributed by atoms with Gasteiger partial charge < -0.3 is 15.0 Å². The first-order valence-corrected chi connectivity index (χ1v) is 9.27. The average molecular weight is 347 g/mol. The molecule has 1 fully saturated rings. The van der Waals surface area contributed by atoms with Crippen molar-refractivity contribution in [1.29, 1.82) is 0 Å². The van der Waals surface area contributed by atoms with Crippen molar-refractivity contribution >= 4 is 16.9 Å². The average Bonchev–Trinajstić information content (AvgIpc) is 3.15. The Morgan fingerprint density at radius 2 is 2.15 bits per heavy atom. The largest absolute Gasteiger partial charge is 0.508 e. The van der Waals surface area contributed by atoms with E-state index >= 15 is 0 Å². The number of hydrogen-bond acceptors (Lipinski definition) is 3. The molecule has 26 heavy (non-hydrogen) atoms. The third kappa shape index (κ3) is 2.30. The van der Waals surface area contributed by atoms with Crippen LogP contribution in [0.25, 0.3) is 11.0 Å². The van der Waals surface area contributed by atoms with Crippen molar-refractivity contribution in [2.24, 2.45) is 0 Å². The predicted molar refractivity (Wildman–Crippen MR) is 99.3 cm³/mol. The Kier molecular flexibility index (Phi) is 3.48. The number of phenols is 1. The van der Waals surface area contributed by atoms with Gasteiger partial charge in [0.05, 0.1) is 17.4 Å². The van der Waals surface area contributed by atoms with Crippen molar-refractivity contribution in [2.45, 2.75) is 37.6 Å². The number of amides is 1. The molecule has 2 N–H and O–H groups in total. The van der Waals surface area contributed by atoms with Crippen LogP contribution < -0.4 is 0 Å². The number of aromatic nitrogens is 2. The van der Waals surface area contributed by atoms with Crippen molar-refractivity contribution < 1.29 is 9.90 Å². The van der Waals surface area contributed by atoms with Gasteiger partial charge in [-0.15, -0.1) is 0 Å². The molecule has 5 nitrogen and oxygen atoms in total. The highest BCUT2D eigenvalue weighted by Gasteiger charge is 2.39. The summed E-state index contributed by atoms with van der Waals surface area (Å²) in [6.45, 7) is 0.801. The van der Waals surface area contributed by atoms with E-state index in [1.807, 2.05) is 24.3 Å². The zero-order valence-corrected chi connectivity index (χ0v) is 14.5. The summed E-state index contributed by atoms with van der Waals surface area (Å²) in [6, 6.07) is 11.7. The lowest BCUT2D eigenvalue weighted by Crippen LogP contribution is -2.49. The number of hydrogen-bond donors (Lipinski definition) is 2. The first kappa shape index (κ1) is 15.4. The van der Waals surface area contributed by atoms with Gasteiger partial charge in [0.25, 0.3) is 5.91 Å². The number of benzene rings is 2. The van der Waals surface area contributed by atoms with Gasteiger partial charge in [-0.25, -0.2) is 4.98 Å². The summed E-state index contributed by atoms with van der Waals surface area (Å²) < 4.78 is 0. The molecule has 1 saturated heterocycles. The maximum Gasteiger partial charge on any atom is 0.254 e. The molecule has 0 bridgehead atoms. The summed E-state index contributed by atoms with van der Waals surface area (Å²) in [4.78, 5) is 22.6. The molecule has 1 aromatic heterocycles. The van der Waals surface area contributed by atoms with Crippen molar-refractivity contribution in [3.05, 3.63) is 59.4 Å². The minimum atomic E-state index is 0.0970. The van der Waals surface area contributed by atoms with E-state index in [1.54, 1.807) is 12.4 Å². The van der Waals surface area contributed by atoms with Gasteiger partial charge in [-0.05, 0) is 61.1 Å². The fourth-order valence-corrected chi connectivity index (χ4v) is 4.77. The van der Waals surface area contributed by atoms with E-state index in [9.17, 15) is 9.90 Å². The molecule has 5 rings (SSSR count). The number of carbonyl (C=O) groups is 1. The molecular weight excluding hydrogens is 326 g/mol. The van der Waals surface area contributed by atoms with Crippen LogP contribution in [0.2, 0.25) is 0 Å². The molecule has 0 spiro atoms. The number of nitrogens with zero attached hydrogens (tertiary/aromatic N) is 2. The Balaban J connectivity index is 1.49. The van der Waals surface area contributed by atoms with Crippen LogP contribution in [0, 0.1) is 0 Å². The number of aromatic hydroxyl groups is 1. The van der Waals surface area contributed by atoms with Crippen molar-refractivity contribution in [3.8, 4) is 5.75 Å². The Bertz CT molecular complexity index is 994. The highest BCUT2D eigenvalue weighted by molar-refractivity contribution is 5.97. The zero-order valence-electron chi connectivity index (χ0n) is 14.5. The highest BCUT2D eigenvalue weighted by atomic mass is 16.3. The fourth-order valence-electron chi connectivity index (χ4n) is 4.77. The number of likely N-dealkylation sites (tertiary alicyclic amines) is 1. The maximum atomic E-state index is 13.2. The first-order valence-electron chi connectivity index (χ1n) is 9.27. The smallest absolute Gasteiger partial charge is 0.254 e. The van der Waals surface area contributed by atoms with Gasteiger partial charge in [-0.1, -0.05) is 12.1 Å². The van der Waals surface area contributed by atoms with Crippen molar-refractivity contribution in [1.82, 2.24) is 14.9 Å². The van der Waals surface area contributed by atoms with Crippen LogP contribution in [0.3, 0.4) is 0 Å².